The molecule has 2 aromatic heterocycles. The second-order valence-electron chi connectivity index (χ2n) is 8.52. The van der Waals surface area contributed by atoms with E-state index in [4.69, 9.17) is 21.3 Å². The number of hydrogen-bond donors (Lipinski definition) is 0. The van der Waals surface area contributed by atoms with Gasteiger partial charge in [-0.15, -0.1) is 0 Å². The number of hydrogen-bond acceptors (Lipinski definition) is 5. The zero-order chi connectivity index (χ0) is 24.7. The summed E-state index contributed by atoms with van der Waals surface area (Å²) in [6.45, 7) is 6.87. The SMILES string of the molecule is COc1cc2ccccc2cc1C(=O)N(CCn1nc(C)cc1C)c1nc2c(C)c(Cl)ccc2s1. The van der Waals surface area contributed by atoms with E-state index in [1.807, 2.05) is 80.1 Å². The number of rotatable bonds is 6. The van der Waals surface area contributed by atoms with Crippen LogP contribution < -0.4 is 9.64 Å². The molecule has 0 radical (unpaired) electrons. The third-order valence-corrected chi connectivity index (χ3v) is 7.60. The average Bonchev–Trinajstić information content (AvgIpc) is 3.43. The van der Waals surface area contributed by atoms with Crippen LogP contribution in [0.3, 0.4) is 0 Å². The Morgan fingerprint density at radius 1 is 1.09 bits per heavy atom. The third-order valence-electron chi connectivity index (χ3n) is 6.15. The van der Waals surface area contributed by atoms with Gasteiger partial charge in [-0.2, -0.15) is 5.10 Å². The van der Waals surface area contributed by atoms with Crippen molar-refractivity contribution in [2.45, 2.75) is 27.3 Å². The first kappa shape index (κ1) is 23.3. The number of halogens is 1. The quantitative estimate of drug-likeness (QED) is 0.262. The molecule has 0 aliphatic heterocycles. The first-order valence-electron chi connectivity index (χ1n) is 11.3. The fourth-order valence-corrected chi connectivity index (χ4v) is 5.49. The normalized spacial score (nSPS) is 11.3. The molecule has 0 atom stereocenters. The summed E-state index contributed by atoms with van der Waals surface area (Å²) < 4.78 is 8.54. The highest BCUT2D eigenvalue weighted by atomic mass is 35.5. The van der Waals surface area contributed by atoms with E-state index >= 15 is 0 Å². The lowest BCUT2D eigenvalue weighted by atomic mass is 10.0. The van der Waals surface area contributed by atoms with Crippen molar-refractivity contribution in [2.75, 3.05) is 18.6 Å². The van der Waals surface area contributed by atoms with Crippen LogP contribution in [0, 0.1) is 20.8 Å². The van der Waals surface area contributed by atoms with Crippen LogP contribution in [0.5, 0.6) is 5.75 Å². The molecule has 1 amide bonds. The van der Waals surface area contributed by atoms with Crippen LogP contribution in [0.2, 0.25) is 5.02 Å². The van der Waals surface area contributed by atoms with Gasteiger partial charge in [0.25, 0.3) is 5.91 Å². The largest absolute Gasteiger partial charge is 0.496 e. The molecule has 0 fully saturated rings. The minimum atomic E-state index is -0.169. The monoisotopic (exact) mass is 504 g/mol. The summed E-state index contributed by atoms with van der Waals surface area (Å²) in [5, 5.41) is 7.84. The zero-order valence-electron chi connectivity index (χ0n) is 20.0. The number of nitrogens with zero attached hydrogens (tertiary/aromatic N) is 4. The molecule has 0 saturated carbocycles. The maximum atomic E-state index is 14.1. The fourth-order valence-electron chi connectivity index (χ4n) is 4.29. The van der Waals surface area contributed by atoms with Gasteiger partial charge in [0.2, 0.25) is 0 Å². The molecule has 0 N–H and O–H groups in total. The minimum absolute atomic E-state index is 0.169. The molecule has 0 aliphatic rings. The van der Waals surface area contributed by atoms with Crippen molar-refractivity contribution in [3.05, 3.63) is 82.1 Å². The van der Waals surface area contributed by atoms with Gasteiger partial charge in [0.1, 0.15) is 5.75 Å². The summed E-state index contributed by atoms with van der Waals surface area (Å²) in [5.74, 6) is 0.363. The van der Waals surface area contributed by atoms with Crippen molar-refractivity contribution in [2.24, 2.45) is 0 Å². The molecular formula is C27H25ClN4O2S. The number of anilines is 1. The molecular weight excluding hydrogens is 480 g/mol. The second-order valence-corrected chi connectivity index (χ2v) is 9.94. The topological polar surface area (TPSA) is 60.2 Å². The van der Waals surface area contributed by atoms with Crippen LogP contribution >= 0.6 is 22.9 Å². The van der Waals surface area contributed by atoms with E-state index in [0.29, 0.717) is 34.6 Å². The van der Waals surface area contributed by atoms with Gasteiger partial charge in [0.15, 0.2) is 5.13 Å². The molecule has 0 bridgehead atoms. The first-order valence-corrected chi connectivity index (χ1v) is 12.5. The van der Waals surface area contributed by atoms with Crippen molar-refractivity contribution < 1.29 is 9.53 Å². The van der Waals surface area contributed by atoms with E-state index in [1.165, 1.54) is 11.3 Å². The minimum Gasteiger partial charge on any atom is -0.496 e. The van der Waals surface area contributed by atoms with E-state index in [2.05, 4.69) is 5.10 Å². The van der Waals surface area contributed by atoms with Crippen molar-refractivity contribution in [3.8, 4) is 5.75 Å². The standard InChI is InChI=1S/C27H25ClN4O2S/c1-16-13-17(2)32(30-16)12-11-31(27-29-25-18(3)22(28)9-10-24(25)35-27)26(33)21-14-19-7-5-6-8-20(19)15-23(21)34-4/h5-10,13-15H,11-12H2,1-4H3. The van der Waals surface area contributed by atoms with Gasteiger partial charge in [-0.3, -0.25) is 14.4 Å². The number of amides is 1. The van der Waals surface area contributed by atoms with Crippen molar-refractivity contribution in [1.29, 1.82) is 0 Å². The van der Waals surface area contributed by atoms with Crippen molar-refractivity contribution in [1.82, 2.24) is 14.8 Å². The predicted octanol–water partition coefficient (Wildman–Crippen LogP) is 6.58. The van der Waals surface area contributed by atoms with Gasteiger partial charge in [-0.1, -0.05) is 47.2 Å². The number of thiazole rings is 1. The molecule has 0 spiro atoms. The fraction of sp³-hybridized carbons (Fsp3) is 0.222. The molecule has 0 aliphatic carbocycles. The number of carbonyl (C=O) groups is 1. The Bertz CT molecular complexity index is 1570. The van der Waals surface area contributed by atoms with Crippen molar-refractivity contribution in [3.63, 3.8) is 0 Å². The van der Waals surface area contributed by atoms with Crippen LogP contribution in [0.1, 0.15) is 27.3 Å². The summed E-state index contributed by atoms with van der Waals surface area (Å²) in [6.07, 6.45) is 0. The summed E-state index contributed by atoms with van der Waals surface area (Å²) in [7, 11) is 1.59. The Labute approximate surface area is 212 Å². The van der Waals surface area contributed by atoms with Gasteiger partial charge in [0, 0.05) is 17.3 Å². The van der Waals surface area contributed by atoms with Gasteiger partial charge in [-0.25, -0.2) is 4.98 Å². The lowest BCUT2D eigenvalue weighted by Crippen LogP contribution is -2.34. The third kappa shape index (κ3) is 4.37. The first-order chi connectivity index (χ1) is 16.9. The van der Waals surface area contributed by atoms with Gasteiger partial charge in [-0.05, 0) is 67.4 Å². The summed E-state index contributed by atoms with van der Waals surface area (Å²) >= 11 is 7.82. The average molecular weight is 505 g/mol. The smallest absolute Gasteiger partial charge is 0.263 e. The number of carbonyl (C=O) groups excluding carboxylic acids is 1. The Morgan fingerprint density at radius 2 is 1.83 bits per heavy atom. The van der Waals surface area contributed by atoms with Gasteiger partial charge < -0.3 is 4.74 Å². The highest BCUT2D eigenvalue weighted by molar-refractivity contribution is 7.22. The molecule has 5 aromatic rings. The summed E-state index contributed by atoms with van der Waals surface area (Å²) in [6, 6.07) is 17.6. The lowest BCUT2D eigenvalue weighted by Gasteiger charge is -2.22. The van der Waals surface area contributed by atoms with E-state index in [-0.39, 0.29) is 5.91 Å². The molecule has 5 rings (SSSR count). The molecule has 8 heteroatoms. The number of methoxy groups -OCH3 is 1. The highest BCUT2D eigenvalue weighted by Gasteiger charge is 2.25. The number of aromatic nitrogens is 3. The summed E-state index contributed by atoms with van der Waals surface area (Å²) in [5.41, 5.74) is 4.20. The van der Waals surface area contributed by atoms with Gasteiger partial charge in [0.05, 0.1) is 35.1 Å². The molecule has 35 heavy (non-hydrogen) atoms. The molecule has 178 valence electrons. The maximum absolute atomic E-state index is 14.1. The molecule has 0 saturated heterocycles. The van der Waals surface area contributed by atoms with E-state index in [1.54, 1.807) is 12.0 Å². The van der Waals surface area contributed by atoms with Crippen LogP contribution in [0.15, 0.2) is 54.6 Å². The molecule has 3 aromatic carbocycles. The van der Waals surface area contributed by atoms with Crippen LogP contribution in [-0.2, 0) is 6.54 Å². The maximum Gasteiger partial charge on any atom is 0.263 e. The van der Waals surface area contributed by atoms with E-state index < -0.39 is 0 Å². The molecule has 2 heterocycles. The number of ether oxygens (including phenoxy) is 1. The number of benzene rings is 3. The van der Waals surface area contributed by atoms with Crippen LogP contribution in [0.25, 0.3) is 21.0 Å². The number of aryl methyl sites for hydroxylation is 3. The highest BCUT2D eigenvalue weighted by Crippen LogP contribution is 2.35. The second kappa shape index (κ2) is 9.32. The van der Waals surface area contributed by atoms with E-state index in [9.17, 15) is 4.79 Å². The number of fused-ring (bicyclic) bond motifs is 2. The van der Waals surface area contributed by atoms with Gasteiger partial charge >= 0.3 is 0 Å². The summed E-state index contributed by atoms with van der Waals surface area (Å²) in [4.78, 5) is 20.6. The van der Waals surface area contributed by atoms with E-state index in [0.717, 1.165) is 37.9 Å². The Hall–Kier alpha value is -3.42. The zero-order valence-corrected chi connectivity index (χ0v) is 21.6. The predicted molar refractivity (Wildman–Crippen MR) is 143 cm³/mol. The molecule has 6 nitrogen and oxygen atoms in total. The lowest BCUT2D eigenvalue weighted by molar-refractivity contribution is 0.0983. The van der Waals surface area contributed by atoms with Crippen LogP contribution in [0.4, 0.5) is 5.13 Å². The molecule has 0 unspecified atom stereocenters. The Morgan fingerprint density at radius 3 is 2.51 bits per heavy atom. The van der Waals surface area contributed by atoms with Crippen molar-refractivity contribution >= 4 is 55.0 Å². The van der Waals surface area contributed by atoms with Crippen LogP contribution in [-0.4, -0.2) is 34.3 Å². The Balaban J connectivity index is 1.60. The Kier molecular flexibility index (Phi) is 6.21.